The number of piperidine rings is 1. The van der Waals surface area contributed by atoms with Crippen LogP contribution in [0.2, 0.25) is 0 Å². The van der Waals surface area contributed by atoms with E-state index in [0.717, 1.165) is 70.5 Å². The number of hydrogen-bond acceptors (Lipinski definition) is 3. The molecule has 1 amide bonds. The van der Waals surface area contributed by atoms with Crippen LogP contribution in [0.5, 0.6) is 5.75 Å². The third-order valence-corrected chi connectivity index (χ3v) is 6.01. The molecule has 0 spiro atoms. The van der Waals surface area contributed by atoms with Crippen molar-refractivity contribution >= 4 is 5.91 Å². The predicted octanol–water partition coefficient (Wildman–Crippen LogP) is 4.14. The number of amides is 1. The Hall–Kier alpha value is -2.33. The van der Waals surface area contributed by atoms with Gasteiger partial charge in [0.2, 0.25) is 5.91 Å². The van der Waals surface area contributed by atoms with E-state index in [2.05, 4.69) is 60.4 Å². The zero-order valence-electron chi connectivity index (χ0n) is 17.6. The van der Waals surface area contributed by atoms with Gasteiger partial charge in [-0.3, -0.25) is 4.79 Å². The van der Waals surface area contributed by atoms with Gasteiger partial charge in [-0.2, -0.15) is 0 Å². The van der Waals surface area contributed by atoms with E-state index in [1.54, 1.807) is 0 Å². The van der Waals surface area contributed by atoms with Gasteiger partial charge in [-0.25, -0.2) is 0 Å². The maximum Gasteiger partial charge on any atom is 0.220 e. The quantitative estimate of drug-likeness (QED) is 0.616. The summed E-state index contributed by atoms with van der Waals surface area (Å²) in [6, 6.07) is 17.0. The number of likely N-dealkylation sites (tertiary alicyclic amines) is 1. The Morgan fingerprint density at radius 3 is 2.38 bits per heavy atom. The Labute approximate surface area is 175 Å². The minimum atomic E-state index is -0.140. The van der Waals surface area contributed by atoms with Gasteiger partial charge < -0.3 is 15.4 Å². The summed E-state index contributed by atoms with van der Waals surface area (Å²) in [5.41, 5.74) is 9.45. The van der Waals surface area contributed by atoms with E-state index >= 15 is 0 Å². The van der Waals surface area contributed by atoms with Crippen LogP contribution in [0.15, 0.2) is 48.5 Å². The number of unbranched alkanes of at least 4 members (excludes halogenated alkanes) is 1. The fourth-order valence-electron chi connectivity index (χ4n) is 4.07. The first-order valence-electron chi connectivity index (χ1n) is 10.9. The minimum Gasteiger partial charge on any atom is -0.493 e. The van der Waals surface area contributed by atoms with E-state index in [1.165, 1.54) is 16.7 Å². The predicted molar refractivity (Wildman–Crippen MR) is 118 cm³/mol. The standard InChI is InChI=1S/C25H34N2O2/c1-20-8-2-3-9-21(20)12-13-22-10-4-5-11-24(22)29-19-7-6-16-27-17-14-23(15-18-27)25(26)28/h2-5,8-11,23H,6-7,12-19H2,1H3,(H2,26,28). The monoisotopic (exact) mass is 394 g/mol. The molecule has 29 heavy (non-hydrogen) atoms. The summed E-state index contributed by atoms with van der Waals surface area (Å²) >= 11 is 0. The van der Waals surface area contributed by atoms with Crippen molar-refractivity contribution in [2.75, 3.05) is 26.2 Å². The van der Waals surface area contributed by atoms with Crippen molar-refractivity contribution in [2.24, 2.45) is 11.7 Å². The molecule has 1 aliphatic heterocycles. The van der Waals surface area contributed by atoms with Crippen LogP contribution >= 0.6 is 0 Å². The number of ether oxygens (including phenoxy) is 1. The number of carbonyl (C=O) groups is 1. The summed E-state index contributed by atoms with van der Waals surface area (Å²) in [5, 5.41) is 0. The van der Waals surface area contributed by atoms with Crippen molar-refractivity contribution in [3.8, 4) is 5.75 Å². The molecule has 0 radical (unpaired) electrons. The molecule has 0 bridgehead atoms. The highest BCUT2D eigenvalue weighted by Crippen LogP contribution is 2.22. The van der Waals surface area contributed by atoms with Gasteiger partial charge in [0.05, 0.1) is 6.61 Å². The van der Waals surface area contributed by atoms with Gasteiger partial charge in [0.1, 0.15) is 5.75 Å². The molecule has 0 atom stereocenters. The fraction of sp³-hybridized carbons (Fsp3) is 0.480. The molecule has 1 fully saturated rings. The van der Waals surface area contributed by atoms with Crippen LogP contribution in [0.25, 0.3) is 0 Å². The fourth-order valence-corrected chi connectivity index (χ4v) is 4.07. The average Bonchev–Trinajstić information content (AvgIpc) is 2.74. The first kappa shape index (κ1) is 21.4. The van der Waals surface area contributed by atoms with E-state index in [0.29, 0.717) is 0 Å². The maximum absolute atomic E-state index is 11.3. The van der Waals surface area contributed by atoms with Crippen molar-refractivity contribution in [1.82, 2.24) is 4.90 Å². The van der Waals surface area contributed by atoms with Crippen molar-refractivity contribution in [3.05, 3.63) is 65.2 Å². The molecule has 4 heteroatoms. The molecule has 0 aliphatic carbocycles. The first-order chi connectivity index (χ1) is 14.1. The van der Waals surface area contributed by atoms with E-state index in [1.807, 2.05) is 0 Å². The van der Waals surface area contributed by atoms with Crippen LogP contribution in [0.1, 0.15) is 42.4 Å². The topological polar surface area (TPSA) is 55.6 Å². The number of hydrogen-bond donors (Lipinski definition) is 1. The summed E-state index contributed by atoms with van der Waals surface area (Å²) < 4.78 is 6.11. The maximum atomic E-state index is 11.3. The van der Waals surface area contributed by atoms with Crippen molar-refractivity contribution in [2.45, 2.75) is 45.4 Å². The van der Waals surface area contributed by atoms with Crippen LogP contribution < -0.4 is 10.5 Å². The Morgan fingerprint density at radius 2 is 1.66 bits per heavy atom. The molecule has 156 valence electrons. The Morgan fingerprint density at radius 1 is 1.00 bits per heavy atom. The summed E-state index contributed by atoms with van der Waals surface area (Å²) in [5.74, 6) is 0.952. The van der Waals surface area contributed by atoms with Gasteiger partial charge in [-0.1, -0.05) is 42.5 Å². The van der Waals surface area contributed by atoms with Crippen molar-refractivity contribution in [1.29, 1.82) is 0 Å². The zero-order valence-corrected chi connectivity index (χ0v) is 17.6. The van der Waals surface area contributed by atoms with E-state index < -0.39 is 0 Å². The summed E-state index contributed by atoms with van der Waals surface area (Å²) in [4.78, 5) is 13.7. The number of nitrogens with two attached hydrogens (primary N) is 1. The molecule has 1 aliphatic rings. The van der Waals surface area contributed by atoms with Gasteiger partial charge in [-0.15, -0.1) is 0 Å². The molecule has 0 saturated carbocycles. The highest BCUT2D eigenvalue weighted by molar-refractivity contribution is 5.76. The normalized spacial score (nSPS) is 15.3. The van der Waals surface area contributed by atoms with E-state index in [9.17, 15) is 4.79 Å². The highest BCUT2D eigenvalue weighted by Gasteiger charge is 2.22. The lowest BCUT2D eigenvalue weighted by Gasteiger charge is -2.30. The molecule has 0 aromatic heterocycles. The number of carbonyl (C=O) groups excluding carboxylic acids is 1. The molecule has 0 unspecified atom stereocenters. The van der Waals surface area contributed by atoms with Gasteiger partial charge in [0, 0.05) is 5.92 Å². The molecule has 4 nitrogen and oxygen atoms in total. The Bertz CT molecular complexity index is 782. The molecule has 3 rings (SSSR count). The van der Waals surface area contributed by atoms with Crippen LogP contribution in [0, 0.1) is 12.8 Å². The first-order valence-corrected chi connectivity index (χ1v) is 10.9. The van der Waals surface area contributed by atoms with Crippen LogP contribution in [0.4, 0.5) is 0 Å². The average molecular weight is 395 g/mol. The van der Waals surface area contributed by atoms with Crippen LogP contribution in [0.3, 0.4) is 0 Å². The molecule has 2 aromatic rings. The Balaban J connectivity index is 1.38. The zero-order chi connectivity index (χ0) is 20.5. The van der Waals surface area contributed by atoms with Crippen molar-refractivity contribution < 1.29 is 9.53 Å². The van der Waals surface area contributed by atoms with Gasteiger partial charge in [-0.05, 0) is 87.8 Å². The minimum absolute atomic E-state index is 0.0748. The lowest BCUT2D eigenvalue weighted by atomic mass is 9.96. The third kappa shape index (κ3) is 6.60. The smallest absolute Gasteiger partial charge is 0.220 e. The third-order valence-electron chi connectivity index (χ3n) is 6.01. The molecule has 1 heterocycles. The number of nitrogens with zero attached hydrogens (tertiary/aromatic N) is 1. The van der Waals surface area contributed by atoms with Gasteiger partial charge in [0.15, 0.2) is 0 Å². The van der Waals surface area contributed by atoms with Crippen LogP contribution in [-0.4, -0.2) is 37.0 Å². The van der Waals surface area contributed by atoms with Gasteiger partial charge in [0.25, 0.3) is 0 Å². The van der Waals surface area contributed by atoms with Gasteiger partial charge >= 0.3 is 0 Å². The molecular weight excluding hydrogens is 360 g/mol. The molecule has 2 aromatic carbocycles. The number of primary amides is 1. The largest absolute Gasteiger partial charge is 0.493 e. The number of para-hydroxylation sites is 1. The lowest BCUT2D eigenvalue weighted by molar-refractivity contribution is -0.123. The highest BCUT2D eigenvalue weighted by atomic mass is 16.5. The second-order valence-corrected chi connectivity index (χ2v) is 8.11. The number of aryl methyl sites for hydroxylation is 3. The summed E-state index contributed by atoms with van der Waals surface area (Å²) in [6.07, 6.45) is 6.00. The summed E-state index contributed by atoms with van der Waals surface area (Å²) in [6.45, 7) is 5.96. The SMILES string of the molecule is Cc1ccccc1CCc1ccccc1OCCCCN1CCC(C(N)=O)CC1. The Kier molecular flexibility index (Phi) is 8.12. The number of rotatable bonds is 10. The second-order valence-electron chi connectivity index (χ2n) is 8.11. The molecule has 1 saturated heterocycles. The molecular formula is C25H34N2O2. The van der Waals surface area contributed by atoms with Crippen LogP contribution in [-0.2, 0) is 17.6 Å². The molecule has 2 N–H and O–H groups in total. The lowest BCUT2D eigenvalue weighted by Crippen LogP contribution is -2.38. The summed E-state index contributed by atoms with van der Waals surface area (Å²) in [7, 11) is 0. The number of benzene rings is 2. The van der Waals surface area contributed by atoms with Crippen molar-refractivity contribution in [3.63, 3.8) is 0 Å². The van der Waals surface area contributed by atoms with E-state index in [4.69, 9.17) is 10.5 Å². The van der Waals surface area contributed by atoms with E-state index in [-0.39, 0.29) is 11.8 Å². The second kappa shape index (κ2) is 11.0.